The molecule has 2 rings (SSSR count). The lowest BCUT2D eigenvalue weighted by Gasteiger charge is -2.38. The van der Waals surface area contributed by atoms with Crippen molar-refractivity contribution in [2.75, 3.05) is 46.4 Å². The molecular weight excluding hydrogens is 268 g/mol. The van der Waals surface area contributed by atoms with Gasteiger partial charge in [0.1, 0.15) is 0 Å². The second-order valence-electron chi connectivity index (χ2n) is 7.25. The van der Waals surface area contributed by atoms with Gasteiger partial charge in [-0.2, -0.15) is 0 Å². The second-order valence-corrected chi connectivity index (χ2v) is 7.25. The molecule has 0 saturated carbocycles. The Kier molecular flexibility index (Phi) is 5.63. The van der Waals surface area contributed by atoms with Gasteiger partial charge in [0.05, 0.1) is 12.1 Å². The summed E-state index contributed by atoms with van der Waals surface area (Å²) in [5, 5.41) is 10.5. The molecule has 1 amide bonds. The van der Waals surface area contributed by atoms with Crippen LogP contribution in [0.3, 0.4) is 0 Å². The van der Waals surface area contributed by atoms with Crippen molar-refractivity contribution in [2.45, 2.75) is 38.7 Å². The zero-order chi connectivity index (χ0) is 15.5. The fourth-order valence-electron chi connectivity index (χ4n) is 3.67. The molecule has 0 radical (unpaired) electrons. The van der Waals surface area contributed by atoms with E-state index in [2.05, 4.69) is 13.8 Å². The molecule has 122 valence electrons. The molecule has 2 saturated heterocycles. The maximum atomic E-state index is 12.4. The molecule has 21 heavy (non-hydrogen) atoms. The van der Waals surface area contributed by atoms with Gasteiger partial charge in [-0.1, -0.05) is 13.8 Å². The highest BCUT2D eigenvalue weighted by molar-refractivity contribution is 5.78. The quantitative estimate of drug-likeness (QED) is 0.840. The van der Waals surface area contributed by atoms with Crippen molar-refractivity contribution in [2.24, 2.45) is 11.8 Å². The number of carbonyl (C=O) groups excluding carboxylic acids is 1. The average molecular weight is 298 g/mol. The summed E-state index contributed by atoms with van der Waals surface area (Å²) in [4.78, 5) is 16.4. The fourth-order valence-corrected chi connectivity index (χ4v) is 3.67. The second kappa shape index (κ2) is 7.07. The van der Waals surface area contributed by atoms with Gasteiger partial charge in [0.25, 0.3) is 0 Å². The molecule has 2 aliphatic rings. The zero-order valence-corrected chi connectivity index (χ0v) is 13.7. The highest BCUT2D eigenvalue weighted by Crippen LogP contribution is 2.23. The third-order valence-corrected chi connectivity index (χ3v) is 4.61. The first-order valence-electron chi connectivity index (χ1n) is 8.14. The van der Waals surface area contributed by atoms with Gasteiger partial charge in [0.15, 0.2) is 0 Å². The summed E-state index contributed by atoms with van der Waals surface area (Å²) in [6.07, 6.45) is 2.52. The molecule has 5 nitrogen and oxygen atoms in total. The molecule has 0 aromatic heterocycles. The van der Waals surface area contributed by atoms with Crippen molar-refractivity contribution in [3.05, 3.63) is 0 Å². The normalized spacial score (nSPS) is 29.7. The van der Waals surface area contributed by atoms with Crippen molar-refractivity contribution in [1.82, 2.24) is 9.80 Å². The van der Waals surface area contributed by atoms with Crippen LogP contribution in [0.25, 0.3) is 0 Å². The summed E-state index contributed by atoms with van der Waals surface area (Å²) in [6.45, 7) is 8.32. The number of likely N-dealkylation sites (N-methyl/N-ethyl adjacent to an activating group) is 1. The standard InChI is InChI=1S/C16H30N2O3/c1-13-8-14(2)10-18(9-13)15(19)11-17(3)12-16(20)4-6-21-7-5-16/h13-14,20H,4-12H2,1-3H3. The predicted octanol–water partition coefficient (Wildman–Crippen LogP) is 0.964. The number of nitrogens with zero attached hydrogens (tertiary/aromatic N) is 2. The summed E-state index contributed by atoms with van der Waals surface area (Å²) in [7, 11) is 1.92. The monoisotopic (exact) mass is 298 g/mol. The first-order valence-corrected chi connectivity index (χ1v) is 8.14. The molecule has 2 aliphatic heterocycles. The van der Waals surface area contributed by atoms with Gasteiger partial charge in [-0.15, -0.1) is 0 Å². The number of carbonyl (C=O) groups is 1. The Balaban J connectivity index is 1.81. The van der Waals surface area contributed by atoms with Gasteiger partial charge in [0, 0.05) is 45.7 Å². The van der Waals surface area contributed by atoms with Crippen LogP contribution in [0.5, 0.6) is 0 Å². The number of likely N-dealkylation sites (tertiary alicyclic amines) is 1. The minimum atomic E-state index is -0.699. The minimum Gasteiger partial charge on any atom is -0.388 e. The van der Waals surface area contributed by atoms with Gasteiger partial charge < -0.3 is 14.7 Å². The molecule has 0 spiro atoms. The average Bonchev–Trinajstić information content (AvgIpc) is 2.37. The van der Waals surface area contributed by atoms with E-state index in [0.717, 1.165) is 13.1 Å². The number of rotatable bonds is 4. The molecule has 2 atom stereocenters. The number of amides is 1. The first kappa shape index (κ1) is 16.7. The van der Waals surface area contributed by atoms with Crippen LogP contribution >= 0.6 is 0 Å². The molecule has 2 heterocycles. The lowest BCUT2D eigenvalue weighted by Crippen LogP contribution is -2.50. The lowest BCUT2D eigenvalue weighted by molar-refractivity contribution is -0.136. The van der Waals surface area contributed by atoms with Crippen LogP contribution in [-0.4, -0.2) is 72.9 Å². The van der Waals surface area contributed by atoms with Crippen LogP contribution in [0.15, 0.2) is 0 Å². The van der Waals surface area contributed by atoms with Crippen LogP contribution in [0.1, 0.15) is 33.1 Å². The van der Waals surface area contributed by atoms with E-state index >= 15 is 0 Å². The van der Waals surface area contributed by atoms with E-state index < -0.39 is 5.60 Å². The Morgan fingerprint density at radius 3 is 2.43 bits per heavy atom. The number of ether oxygens (including phenoxy) is 1. The Morgan fingerprint density at radius 2 is 1.86 bits per heavy atom. The van der Waals surface area contributed by atoms with Gasteiger partial charge >= 0.3 is 0 Å². The van der Waals surface area contributed by atoms with Crippen LogP contribution in [0.2, 0.25) is 0 Å². The molecule has 1 N–H and O–H groups in total. The zero-order valence-electron chi connectivity index (χ0n) is 13.7. The van der Waals surface area contributed by atoms with Crippen molar-refractivity contribution >= 4 is 5.91 Å². The van der Waals surface area contributed by atoms with E-state index in [1.54, 1.807) is 0 Å². The van der Waals surface area contributed by atoms with E-state index in [1.165, 1.54) is 6.42 Å². The molecule has 5 heteroatoms. The van der Waals surface area contributed by atoms with Gasteiger partial charge in [-0.3, -0.25) is 9.69 Å². The maximum Gasteiger partial charge on any atom is 0.236 e. The van der Waals surface area contributed by atoms with Gasteiger partial charge in [-0.25, -0.2) is 0 Å². The van der Waals surface area contributed by atoms with Crippen molar-refractivity contribution in [1.29, 1.82) is 0 Å². The Morgan fingerprint density at radius 1 is 1.29 bits per heavy atom. The van der Waals surface area contributed by atoms with Crippen LogP contribution < -0.4 is 0 Å². The smallest absolute Gasteiger partial charge is 0.236 e. The highest BCUT2D eigenvalue weighted by Gasteiger charge is 2.32. The van der Waals surface area contributed by atoms with E-state index in [-0.39, 0.29) is 5.91 Å². The van der Waals surface area contributed by atoms with Crippen LogP contribution in [0.4, 0.5) is 0 Å². The van der Waals surface area contributed by atoms with E-state index in [0.29, 0.717) is 51.0 Å². The maximum absolute atomic E-state index is 12.4. The predicted molar refractivity (Wildman–Crippen MR) is 82.0 cm³/mol. The topological polar surface area (TPSA) is 53.0 Å². The lowest BCUT2D eigenvalue weighted by atomic mass is 9.92. The highest BCUT2D eigenvalue weighted by atomic mass is 16.5. The molecule has 0 aromatic carbocycles. The van der Waals surface area contributed by atoms with Crippen LogP contribution in [0, 0.1) is 11.8 Å². The van der Waals surface area contributed by atoms with Gasteiger partial charge in [0.2, 0.25) is 5.91 Å². The van der Waals surface area contributed by atoms with E-state index in [4.69, 9.17) is 4.74 Å². The Labute approximate surface area is 128 Å². The number of aliphatic hydroxyl groups is 1. The number of hydrogen-bond donors (Lipinski definition) is 1. The minimum absolute atomic E-state index is 0.187. The van der Waals surface area contributed by atoms with Crippen molar-refractivity contribution < 1.29 is 14.6 Å². The van der Waals surface area contributed by atoms with Crippen molar-refractivity contribution in [3.8, 4) is 0 Å². The van der Waals surface area contributed by atoms with E-state index in [1.807, 2.05) is 16.8 Å². The first-order chi connectivity index (χ1) is 9.88. The van der Waals surface area contributed by atoms with E-state index in [9.17, 15) is 9.90 Å². The fraction of sp³-hybridized carbons (Fsp3) is 0.938. The third-order valence-electron chi connectivity index (χ3n) is 4.61. The third kappa shape index (κ3) is 4.94. The molecule has 0 bridgehead atoms. The Bertz CT molecular complexity index is 345. The number of piperidine rings is 1. The molecule has 2 fully saturated rings. The SMILES string of the molecule is CC1CC(C)CN(C(=O)CN(C)CC2(O)CCOCC2)C1. The van der Waals surface area contributed by atoms with Gasteiger partial charge in [-0.05, 0) is 25.3 Å². The largest absolute Gasteiger partial charge is 0.388 e. The summed E-state index contributed by atoms with van der Waals surface area (Å²) < 4.78 is 5.29. The molecule has 2 unspecified atom stereocenters. The number of hydrogen-bond acceptors (Lipinski definition) is 4. The molecule has 0 aromatic rings. The Hall–Kier alpha value is -0.650. The van der Waals surface area contributed by atoms with Crippen LogP contribution in [-0.2, 0) is 9.53 Å². The summed E-state index contributed by atoms with van der Waals surface area (Å²) >= 11 is 0. The molecule has 0 aliphatic carbocycles. The molecular formula is C16H30N2O3. The van der Waals surface area contributed by atoms with Crippen molar-refractivity contribution in [3.63, 3.8) is 0 Å². The summed E-state index contributed by atoms with van der Waals surface area (Å²) in [5.74, 6) is 1.36. The summed E-state index contributed by atoms with van der Waals surface area (Å²) in [6, 6.07) is 0. The summed E-state index contributed by atoms with van der Waals surface area (Å²) in [5.41, 5.74) is -0.699.